The van der Waals surface area contributed by atoms with Gasteiger partial charge in [0.25, 0.3) is 5.60 Å². The van der Waals surface area contributed by atoms with E-state index in [4.69, 9.17) is 4.74 Å². The van der Waals surface area contributed by atoms with Gasteiger partial charge in [0.2, 0.25) is 0 Å². The lowest BCUT2D eigenvalue weighted by atomic mass is 9.88. The smallest absolute Gasteiger partial charge is 0.378 e. The molecule has 1 atom stereocenters. The first-order valence-corrected chi connectivity index (χ1v) is 15.9. The number of rotatable bonds is 7. The number of ether oxygens (including phenoxy) is 2. The zero-order chi connectivity index (χ0) is 35.1. The molecule has 17 heteroatoms. The van der Waals surface area contributed by atoms with E-state index in [1.165, 1.54) is 9.80 Å². The fourth-order valence-electron chi connectivity index (χ4n) is 5.94. The Kier molecular flexibility index (Phi) is 9.53. The summed E-state index contributed by atoms with van der Waals surface area (Å²) in [4.78, 5) is 15.5. The van der Waals surface area contributed by atoms with Crippen molar-refractivity contribution in [1.29, 1.82) is 0 Å². The average Bonchev–Trinajstić information content (AvgIpc) is 3.49. The van der Waals surface area contributed by atoms with Gasteiger partial charge >= 0.3 is 18.4 Å². The standard InChI is InChI=1S/C31H27F9N2O5S/c32-22-8-10-23(11-9-22)48(44,45)28(12-13-42(19-28)27(43)41-14-16-46-17-15-41)20-4-6-21(7-5-20)29(30(35,36)37,31(38,39)40)47-18-24-25(33)2-1-3-26(24)34/h1-11H,12-19H2/t28-/m0/s1. The number of hydrogen-bond acceptors (Lipinski definition) is 5. The predicted molar refractivity (Wildman–Crippen MR) is 151 cm³/mol. The fourth-order valence-corrected chi connectivity index (χ4v) is 8.02. The Morgan fingerprint density at radius 3 is 1.90 bits per heavy atom. The molecule has 0 spiro atoms. The van der Waals surface area contributed by atoms with Gasteiger partial charge in [0.1, 0.15) is 22.2 Å². The summed E-state index contributed by atoms with van der Waals surface area (Å²) in [5.74, 6) is -3.64. The maximum absolute atomic E-state index is 14.5. The molecule has 0 N–H and O–H groups in total. The zero-order valence-corrected chi connectivity index (χ0v) is 25.6. The topological polar surface area (TPSA) is 76.2 Å². The summed E-state index contributed by atoms with van der Waals surface area (Å²) >= 11 is 0. The molecule has 0 aromatic heterocycles. The molecule has 2 aliphatic heterocycles. The van der Waals surface area contributed by atoms with Crippen molar-refractivity contribution in [2.45, 2.75) is 40.6 Å². The molecule has 3 aromatic rings. The number of morpholine rings is 1. The molecule has 2 amide bonds. The lowest BCUT2D eigenvalue weighted by molar-refractivity contribution is -0.392. The molecule has 48 heavy (non-hydrogen) atoms. The highest BCUT2D eigenvalue weighted by atomic mass is 32.2. The Labute approximate surface area is 268 Å². The van der Waals surface area contributed by atoms with Crippen molar-refractivity contribution >= 4 is 15.9 Å². The highest BCUT2D eigenvalue weighted by molar-refractivity contribution is 7.92. The Balaban J connectivity index is 1.59. The quantitative estimate of drug-likeness (QED) is 0.208. The minimum absolute atomic E-state index is 0.148. The van der Waals surface area contributed by atoms with Crippen molar-refractivity contribution in [3.63, 3.8) is 0 Å². The van der Waals surface area contributed by atoms with Gasteiger partial charge in [-0.1, -0.05) is 30.3 Å². The molecule has 5 rings (SSSR count). The maximum atomic E-state index is 14.5. The molecule has 260 valence electrons. The van der Waals surface area contributed by atoms with Crippen LogP contribution in [0.5, 0.6) is 0 Å². The molecular formula is C31H27F9N2O5S. The van der Waals surface area contributed by atoms with Gasteiger partial charge in [0, 0.05) is 37.3 Å². The van der Waals surface area contributed by atoms with E-state index in [0.717, 1.165) is 42.5 Å². The molecule has 0 bridgehead atoms. The Hall–Kier alpha value is -3.83. The largest absolute Gasteiger partial charge is 0.430 e. The summed E-state index contributed by atoms with van der Waals surface area (Å²) in [5.41, 5.74) is -8.07. The van der Waals surface area contributed by atoms with Crippen molar-refractivity contribution < 1.29 is 62.2 Å². The van der Waals surface area contributed by atoms with E-state index < -0.39 is 85.2 Å². The number of sulfone groups is 1. The number of alkyl halides is 6. The average molecular weight is 711 g/mol. The van der Waals surface area contributed by atoms with Gasteiger partial charge in [-0.25, -0.2) is 26.4 Å². The second kappa shape index (κ2) is 12.9. The van der Waals surface area contributed by atoms with Crippen LogP contribution in [0, 0.1) is 17.5 Å². The van der Waals surface area contributed by atoms with Gasteiger partial charge in [-0.2, -0.15) is 26.3 Å². The lowest BCUT2D eigenvalue weighted by Crippen LogP contribution is -2.56. The Bertz CT molecular complexity index is 1710. The van der Waals surface area contributed by atoms with Gasteiger partial charge in [-0.15, -0.1) is 0 Å². The third-order valence-electron chi connectivity index (χ3n) is 8.53. The summed E-state index contributed by atoms with van der Waals surface area (Å²) in [6, 6.07) is 7.49. The van der Waals surface area contributed by atoms with Crippen molar-refractivity contribution in [3.8, 4) is 0 Å². The normalized spacial score (nSPS) is 19.5. The Morgan fingerprint density at radius 2 is 1.35 bits per heavy atom. The number of nitrogens with zero attached hydrogens (tertiary/aromatic N) is 2. The minimum atomic E-state index is -6.22. The van der Waals surface area contributed by atoms with Crippen LogP contribution in [0.4, 0.5) is 44.3 Å². The maximum Gasteiger partial charge on any atom is 0.430 e. The van der Waals surface area contributed by atoms with Gasteiger partial charge in [-0.05, 0) is 48.4 Å². The molecule has 3 aromatic carbocycles. The van der Waals surface area contributed by atoms with Gasteiger partial charge in [-0.3, -0.25) is 0 Å². The summed E-state index contributed by atoms with van der Waals surface area (Å²) in [7, 11) is -4.59. The van der Waals surface area contributed by atoms with Crippen molar-refractivity contribution in [3.05, 3.63) is 101 Å². The third-order valence-corrected chi connectivity index (χ3v) is 11.0. The SMILES string of the molecule is O=C(N1CCOCC1)N1CC[C@](c2ccc(C(OCc3c(F)cccc3F)(C(F)(F)F)C(F)(F)F)cc2)(S(=O)(=O)c2ccc(F)cc2)C1. The van der Waals surface area contributed by atoms with E-state index in [0.29, 0.717) is 24.3 Å². The molecule has 2 aliphatic rings. The van der Waals surface area contributed by atoms with Crippen molar-refractivity contribution in [1.82, 2.24) is 9.80 Å². The Morgan fingerprint density at radius 1 is 0.792 bits per heavy atom. The van der Waals surface area contributed by atoms with Crippen LogP contribution in [-0.2, 0) is 36.3 Å². The number of carbonyl (C=O) groups is 1. The van der Waals surface area contributed by atoms with E-state index in [9.17, 15) is 52.7 Å². The molecule has 0 radical (unpaired) electrons. The highest BCUT2D eigenvalue weighted by Gasteiger charge is 2.73. The molecule has 2 saturated heterocycles. The highest BCUT2D eigenvalue weighted by Crippen LogP contribution is 2.54. The van der Waals surface area contributed by atoms with Crippen LogP contribution in [0.1, 0.15) is 23.1 Å². The van der Waals surface area contributed by atoms with Crippen LogP contribution < -0.4 is 0 Å². The van der Waals surface area contributed by atoms with Crippen LogP contribution in [0.2, 0.25) is 0 Å². The first kappa shape index (κ1) is 35.5. The number of amides is 2. The molecule has 0 aliphatic carbocycles. The molecule has 2 fully saturated rings. The lowest BCUT2D eigenvalue weighted by Gasteiger charge is -2.38. The van der Waals surface area contributed by atoms with Crippen molar-refractivity contribution in [2.24, 2.45) is 0 Å². The summed E-state index contributed by atoms with van der Waals surface area (Å²) < 4.78 is 165. The summed E-state index contributed by atoms with van der Waals surface area (Å²) in [6.45, 7) is -1.58. The number of benzene rings is 3. The summed E-state index contributed by atoms with van der Waals surface area (Å²) in [5, 5.41) is 0. The zero-order valence-electron chi connectivity index (χ0n) is 24.8. The molecule has 2 heterocycles. The number of likely N-dealkylation sites (tertiary alicyclic amines) is 1. The van der Waals surface area contributed by atoms with Crippen LogP contribution in [0.25, 0.3) is 0 Å². The van der Waals surface area contributed by atoms with Crippen LogP contribution in [0.15, 0.2) is 71.6 Å². The van der Waals surface area contributed by atoms with Gasteiger partial charge in [0.15, 0.2) is 9.84 Å². The van der Waals surface area contributed by atoms with Crippen LogP contribution in [-0.4, -0.2) is 76.0 Å². The number of carbonyl (C=O) groups excluding carboxylic acids is 1. The number of hydrogen-bond donors (Lipinski definition) is 0. The third kappa shape index (κ3) is 6.11. The molecule has 0 saturated carbocycles. The van der Waals surface area contributed by atoms with Gasteiger partial charge in [0.05, 0.1) is 24.7 Å². The second-order valence-electron chi connectivity index (χ2n) is 11.2. The first-order chi connectivity index (χ1) is 22.4. The van der Waals surface area contributed by atoms with Gasteiger partial charge < -0.3 is 19.3 Å². The predicted octanol–water partition coefficient (Wildman–Crippen LogP) is 6.47. The van der Waals surface area contributed by atoms with E-state index in [2.05, 4.69) is 4.74 Å². The van der Waals surface area contributed by atoms with Crippen LogP contribution >= 0.6 is 0 Å². The summed E-state index contributed by atoms with van der Waals surface area (Å²) in [6.07, 6.45) is -12.8. The van der Waals surface area contributed by atoms with E-state index in [-0.39, 0.29) is 44.8 Å². The fraction of sp³-hybridized carbons (Fsp3) is 0.387. The van der Waals surface area contributed by atoms with E-state index in [1.54, 1.807) is 0 Å². The first-order valence-electron chi connectivity index (χ1n) is 14.4. The molecule has 0 unspecified atom stereocenters. The van der Waals surface area contributed by atoms with E-state index >= 15 is 0 Å². The molecular weight excluding hydrogens is 683 g/mol. The number of urea groups is 1. The molecule has 7 nitrogen and oxygen atoms in total. The number of halogens is 9. The van der Waals surface area contributed by atoms with Crippen molar-refractivity contribution in [2.75, 3.05) is 39.4 Å². The second-order valence-corrected chi connectivity index (χ2v) is 13.5. The van der Waals surface area contributed by atoms with E-state index in [1.807, 2.05) is 0 Å². The van der Waals surface area contributed by atoms with Crippen LogP contribution in [0.3, 0.4) is 0 Å². The monoisotopic (exact) mass is 710 g/mol. The minimum Gasteiger partial charge on any atom is -0.378 e.